The first-order valence-corrected chi connectivity index (χ1v) is 24.7. The van der Waals surface area contributed by atoms with Crippen molar-refractivity contribution in [2.75, 3.05) is 9.80 Å². The van der Waals surface area contributed by atoms with E-state index < -0.39 is 0 Å². The predicted molar refractivity (Wildman–Crippen MR) is 301 cm³/mol. The third-order valence-electron chi connectivity index (χ3n) is 14.9. The van der Waals surface area contributed by atoms with Gasteiger partial charge in [0.25, 0.3) is 0 Å². The number of anilines is 6. The average molecular weight is 905 g/mol. The molecule has 0 heterocycles. The maximum Gasteiger partial charge on any atom is 0.0465 e. The lowest BCUT2D eigenvalue weighted by Gasteiger charge is -2.28. The Labute approximate surface area is 415 Å². The lowest BCUT2D eigenvalue weighted by atomic mass is 9.81. The van der Waals surface area contributed by atoms with Crippen LogP contribution in [0, 0.1) is 27.7 Å². The number of rotatable bonds is 10. The van der Waals surface area contributed by atoms with Crippen LogP contribution >= 0.6 is 0 Å². The SMILES string of the molecule is Cc1ccc(N(c2ccc(C)cc2)c2ccc3c(c2)C(C)(C)c2cc(C=Cc4ccc(C=Cc5ccc6c(c5)C(C)(C)c5cc(N(c7ccc(C)cc7)c7ccc(C)cc7)ccc5-6)cc4)ccc2-3)cc1. The summed E-state index contributed by atoms with van der Waals surface area (Å²) in [5.74, 6) is 0. The van der Waals surface area contributed by atoms with Gasteiger partial charge in [-0.2, -0.15) is 0 Å². The molecule has 0 radical (unpaired) electrons. The Morgan fingerprint density at radius 3 is 0.786 bits per heavy atom. The molecule has 0 saturated heterocycles. The zero-order valence-electron chi connectivity index (χ0n) is 41.7. The molecule has 2 aliphatic rings. The van der Waals surface area contributed by atoms with Gasteiger partial charge in [-0.1, -0.05) is 196 Å². The van der Waals surface area contributed by atoms with E-state index in [0.29, 0.717) is 0 Å². The van der Waals surface area contributed by atoms with Crippen molar-refractivity contribution in [3.8, 4) is 22.3 Å². The lowest BCUT2D eigenvalue weighted by molar-refractivity contribution is 0.660. The topological polar surface area (TPSA) is 6.48 Å². The summed E-state index contributed by atoms with van der Waals surface area (Å²) in [5, 5.41) is 0. The molecule has 342 valence electrons. The fourth-order valence-electron chi connectivity index (χ4n) is 10.7. The second-order valence-electron chi connectivity index (χ2n) is 20.7. The van der Waals surface area contributed by atoms with Gasteiger partial charge in [0.1, 0.15) is 0 Å². The van der Waals surface area contributed by atoms with E-state index in [4.69, 9.17) is 0 Å². The van der Waals surface area contributed by atoms with E-state index in [1.54, 1.807) is 0 Å². The molecule has 2 heteroatoms. The van der Waals surface area contributed by atoms with E-state index in [2.05, 4.69) is 284 Å². The number of nitrogens with zero attached hydrogens (tertiary/aromatic N) is 2. The minimum absolute atomic E-state index is 0.154. The number of fused-ring (bicyclic) bond motifs is 6. The molecule has 70 heavy (non-hydrogen) atoms. The Balaban J connectivity index is 0.797. The minimum atomic E-state index is -0.154. The van der Waals surface area contributed by atoms with Crippen molar-refractivity contribution in [2.45, 2.75) is 66.2 Å². The van der Waals surface area contributed by atoms with Crippen LogP contribution in [0.3, 0.4) is 0 Å². The quantitative estimate of drug-likeness (QED) is 0.126. The highest BCUT2D eigenvalue weighted by Gasteiger charge is 2.37. The van der Waals surface area contributed by atoms with Gasteiger partial charge in [-0.3, -0.25) is 0 Å². The summed E-state index contributed by atoms with van der Waals surface area (Å²) >= 11 is 0. The molecule has 0 N–H and O–H groups in total. The molecule has 0 saturated carbocycles. The molecule has 0 bridgehead atoms. The highest BCUT2D eigenvalue weighted by Crippen LogP contribution is 2.53. The molecule has 0 aromatic heterocycles. The van der Waals surface area contributed by atoms with Crippen molar-refractivity contribution < 1.29 is 0 Å². The van der Waals surface area contributed by atoms with Crippen LogP contribution in [0.5, 0.6) is 0 Å². The summed E-state index contributed by atoms with van der Waals surface area (Å²) in [6.07, 6.45) is 8.97. The fourth-order valence-corrected chi connectivity index (χ4v) is 10.7. The first kappa shape index (κ1) is 44.6. The number of hydrogen-bond acceptors (Lipinski definition) is 2. The monoisotopic (exact) mass is 904 g/mol. The second kappa shape index (κ2) is 17.5. The van der Waals surface area contributed by atoms with E-state index >= 15 is 0 Å². The van der Waals surface area contributed by atoms with E-state index in [1.165, 1.54) is 100 Å². The largest absolute Gasteiger partial charge is 0.310 e. The zero-order valence-corrected chi connectivity index (χ0v) is 41.7. The van der Waals surface area contributed by atoms with Crippen molar-refractivity contribution in [1.82, 2.24) is 0 Å². The minimum Gasteiger partial charge on any atom is -0.310 e. The molecule has 9 aromatic carbocycles. The van der Waals surface area contributed by atoms with Gasteiger partial charge in [-0.15, -0.1) is 0 Å². The smallest absolute Gasteiger partial charge is 0.0465 e. The van der Waals surface area contributed by atoms with Crippen molar-refractivity contribution >= 4 is 58.4 Å². The summed E-state index contributed by atoms with van der Waals surface area (Å²) in [6, 6.07) is 72.2. The van der Waals surface area contributed by atoms with Crippen LogP contribution in [0.2, 0.25) is 0 Å². The van der Waals surface area contributed by atoms with Gasteiger partial charge in [0.2, 0.25) is 0 Å². The van der Waals surface area contributed by atoms with Gasteiger partial charge < -0.3 is 9.80 Å². The average Bonchev–Trinajstić information content (AvgIpc) is 3.73. The van der Waals surface area contributed by atoms with Crippen molar-refractivity contribution in [3.05, 3.63) is 261 Å². The van der Waals surface area contributed by atoms with Crippen molar-refractivity contribution in [2.24, 2.45) is 0 Å². The highest BCUT2D eigenvalue weighted by molar-refractivity contribution is 5.89. The van der Waals surface area contributed by atoms with Crippen LogP contribution in [0.4, 0.5) is 34.1 Å². The summed E-state index contributed by atoms with van der Waals surface area (Å²) in [6.45, 7) is 18.1. The molecule has 0 spiro atoms. The molecular weight excluding hydrogens is 845 g/mol. The van der Waals surface area contributed by atoms with Gasteiger partial charge in [0, 0.05) is 45.0 Å². The normalized spacial score (nSPS) is 13.8. The van der Waals surface area contributed by atoms with Gasteiger partial charge in [-0.25, -0.2) is 0 Å². The van der Waals surface area contributed by atoms with Gasteiger partial charge in [-0.05, 0) is 167 Å². The van der Waals surface area contributed by atoms with Crippen LogP contribution in [0.15, 0.2) is 194 Å². The van der Waals surface area contributed by atoms with Crippen molar-refractivity contribution in [3.63, 3.8) is 0 Å². The van der Waals surface area contributed by atoms with Crippen LogP contribution in [-0.4, -0.2) is 0 Å². The zero-order chi connectivity index (χ0) is 48.3. The molecule has 2 nitrogen and oxygen atoms in total. The number of hydrogen-bond donors (Lipinski definition) is 0. The second-order valence-corrected chi connectivity index (χ2v) is 20.7. The molecule has 0 unspecified atom stereocenters. The summed E-state index contributed by atoms with van der Waals surface area (Å²) in [7, 11) is 0. The van der Waals surface area contributed by atoms with Crippen LogP contribution in [0.1, 0.15) is 94.5 Å². The lowest BCUT2D eigenvalue weighted by Crippen LogP contribution is -2.16. The van der Waals surface area contributed by atoms with E-state index in [0.717, 1.165) is 22.7 Å². The fraction of sp³-hybridized carbons (Fsp3) is 0.147. The molecule has 0 atom stereocenters. The summed E-state index contributed by atoms with van der Waals surface area (Å²) in [4.78, 5) is 4.76. The maximum atomic E-state index is 2.41. The first-order chi connectivity index (χ1) is 33.8. The Hall–Kier alpha value is -7.94. The maximum absolute atomic E-state index is 2.41. The summed E-state index contributed by atoms with van der Waals surface area (Å²) < 4.78 is 0. The van der Waals surface area contributed by atoms with E-state index in [-0.39, 0.29) is 10.8 Å². The highest BCUT2D eigenvalue weighted by atomic mass is 15.1. The Morgan fingerprint density at radius 2 is 0.486 bits per heavy atom. The molecule has 11 rings (SSSR count). The first-order valence-electron chi connectivity index (χ1n) is 24.7. The van der Waals surface area contributed by atoms with E-state index in [9.17, 15) is 0 Å². The molecular formula is C68H60N2. The Kier molecular flexibility index (Phi) is 11.2. The van der Waals surface area contributed by atoms with Crippen LogP contribution in [0.25, 0.3) is 46.6 Å². The predicted octanol–water partition coefficient (Wildman–Crippen LogP) is 18.8. The van der Waals surface area contributed by atoms with Crippen LogP contribution < -0.4 is 9.80 Å². The molecule has 0 aliphatic heterocycles. The molecule has 2 aliphatic carbocycles. The molecule has 0 fully saturated rings. The number of aryl methyl sites for hydroxylation is 4. The van der Waals surface area contributed by atoms with Gasteiger partial charge in [0.05, 0.1) is 0 Å². The molecule has 0 amide bonds. The third kappa shape index (κ3) is 8.18. The Bertz CT molecular complexity index is 3150. The Morgan fingerprint density at radius 1 is 0.257 bits per heavy atom. The van der Waals surface area contributed by atoms with Gasteiger partial charge in [0.15, 0.2) is 0 Å². The third-order valence-corrected chi connectivity index (χ3v) is 14.9. The van der Waals surface area contributed by atoms with E-state index in [1.807, 2.05) is 0 Å². The van der Waals surface area contributed by atoms with Crippen molar-refractivity contribution in [1.29, 1.82) is 0 Å². The standard InChI is InChI=1S/C68H60N2/c1-45-9-27-53(28-10-45)69(54-29-11-46(2)12-30-54)57-35-39-61-59-37-25-51(41-63(59)67(5,6)65(61)43-57)23-21-49-17-19-50(20-18-49)22-24-52-26-38-60-62-40-36-58(44-66(62)68(7,8)64(60)42-52)70(55-31-13-47(3)14-32-55)56-33-15-48(4)16-34-56/h9-44H,1-8H3. The van der Waals surface area contributed by atoms with Gasteiger partial charge >= 0.3 is 0 Å². The van der Waals surface area contributed by atoms with Crippen LogP contribution in [-0.2, 0) is 10.8 Å². The summed E-state index contributed by atoms with van der Waals surface area (Å²) in [5.41, 5.74) is 27.2. The number of benzene rings is 9. The molecule has 9 aromatic rings.